The number of carbonyl (C=O) groups excluding carboxylic acids is 1. The Morgan fingerprint density at radius 3 is 2.93 bits per heavy atom. The Morgan fingerprint density at radius 2 is 2.07 bits per heavy atom. The number of nitrogens with one attached hydrogen (secondary N) is 1. The summed E-state index contributed by atoms with van der Waals surface area (Å²) in [6.07, 6.45) is 1.01. The molecular weight excluding hydrogens is 371 g/mol. The lowest BCUT2D eigenvalue weighted by Gasteiger charge is -2.26. The van der Waals surface area contributed by atoms with Gasteiger partial charge >= 0.3 is 0 Å². The normalized spacial score (nSPS) is 13.1. The van der Waals surface area contributed by atoms with Crippen molar-refractivity contribution in [2.75, 3.05) is 23.9 Å². The molecule has 0 bridgehead atoms. The van der Waals surface area contributed by atoms with Crippen molar-refractivity contribution in [3.8, 4) is 16.9 Å². The number of likely N-dealkylation sites (N-methyl/N-ethyl adjacent to an activating group) is 1. The molecule has 2 aromatic carbocycles. The molecule has 0 radical (unpaired) electrons. The number of para-hydroxylation sites is 1. The number of ether oxygens (including phenoxy) is 1. The molecule has 1 aliphatic heterocycles. The highest BCUT2D eigenvalue weighted by Gasteiger charge is 2.22. The molecule has 1 amide bonds. The molecule has 0 fully saturated rings. The van der Waals surface area contributed by atoms with Gasteiger partial charge in [0.1, 0.15) is 5.75 Å². The van der Waals surface area contributed by atoms with E-state index in [0.717, 1.165) is 17.3 Å². The van der Waals surface area contributed by atoms with Gasteiger partial charge < -0.3 is 15.0 Å². The van der Waals surface area contributed by atoms with Crippen molar-refractivity contribution in [1.29, 1.82) is 0 Å². The summed E-state index contributed by atoms with van der Waals surface area (Å²) in [5.74, 6) is -0.112. The zero-order valence-electron chi connectivity index (χ0n) is 14.2. The summed E-state index contributed by atoms with van der Waals surface area (Å²) in [4.78, 5) is 20.8. The highest BCUT2D eigenvalue weighted by atomic mass is 35.5. The lowest BCUT2D eigenvalue weighted by Crippen LogP contribution is -2.35. The van der Waals surface area contributed by atoms with E-state index in [4.69, 9.17) is 16.3 Å². The van der Waals surface area contributed by atoms with Crippen LogP contribution in [0.15, 0.2) is 48.7 Å². The standard InChI is InChI=1S/C19H14ClFN4O2/c1-25-15-7-6-11(8-16(15)27-10-17(25)26)12-4-2-3-5-14(12)23-18-13(21)9-22-19(20)24-18/h2-9H,10H2,1H3,(H,22,23,24). The first kappa shape index (κ1) is 17.2. The minimum Gasteiger partial charge on any atom is -0.482 e. The molecule has 0 saturated carbocycles. The molecule has 0 spiro atoms. The third-order valence-corrected chi connectivity index (χ3v) is 4.43. The van der Waals surface area contributed by atoms with Crippen LogP contribution in [0.2, 0.25) is 5.28 Å². The first-order chi connectivity index (χ1) is 13.0. The van der Waals surface area contributed by atoms with Crippen LogP contribution in [0.5, 0.6) is 5.75 Å². The van der Waals surface area contributed by atoms with E-state index in [1.807, 2.05) is 36.4 Å². The number of hydrogen-bond acceptors (Lipinski definition) is 5. The van der Waals surface area contributed by atoms with Crippen molar-refractivity contribution in [3.63, 3.8) is 0 Å². The molecule has 0 aliphatic carbocycles. The van der Waals surface area contributed by atoms with E-state index < -0.39 is 5.82 Å². The summed E-state index contributed by atoms with van der Waals surface area (Å²) in [6.45, 7) is -0.00248. The molecule has 0 atom stereocenters. The SMILES string of the molecule is CN1C(=O)COc2cc(-c3ccccc3Nc3nc(Cl)ncc3F)ccc21. The number of anilines is 3. The lowest BCUT2D eigenvalue weighted by molar-refractivity contribution is -0.120. The third-order valence-electron chi connectivity index (χ3n) is 4.25. The van der Waals surface area contributed by atoms with Gasteiger partial charge in [0.2, 0.25) is 5.28 Å². The van der Waals surface area contributed by atoms with Gasteiger partial charge in [0.05, 0.1) is 11.9 Å². The molecular formula is C19H14ClFN4O2. The van der Waals surface area contributed by atoms with Gasteiger partial charge in [0, 0.05) is 18.3 Å². The predicted molar refractivity (Wildman–Crippen MR) is 101 cm³/mol. The first-order valence-corrected chi connectivity index (χ1v) is 8.48. The monoisotopic (exact) mass is 384 g/mol. The fraction of sp³-hybridized carbons (Fsp3) is 0.105. The zero-order valence-corrected chi connectivity index (χ0v) is 15.0. The first-order valence-electron chi connectivity index (χ1n) is 8.11. The van der Waals surface area contributed by atoms with Gasteiger partial charge in [-0.1, -0.05) is 24.3 Å². The van der Waals surface area contributed by atoms with Gasteiger partial charge in [-0.2, -0.15) is 4.98 Å². The van der Waals surface area contributed by atoms with Gasteiger partial charge in [-0.3, -0.25) is 4.79 Å². The summed E-state index contributed by atoms with van der Waals surface area (Å²) < 4.78 is 19.5. The van der Waals surface area contributed by atoms with Crippen LogP contribution < -0.4 is 15.0 Å². The maximum absolute atomic E-state index is 14.0. The number of nitrogens with zero attached hydrogens (tertiary/aromatic N) is 3. The summed E-state index contributed by atoms with van der Waals surface area (Å²) in [5, 5.41) is 2.91. The quantitative estimate of drug-likeness (QED) is 0.690. The number of halogens is 2. The van der Waals surface area contributed by atoms with Crippen LogP contribution in [0, 0.1) is 5.82 Å². The van der Waals surface area contributed by atoms with E-state index in [9.17, 15) is 9.18 Å². The molecule has 8 heteroatoms. The van der Waals surface area contributed by atoms with Crippen molar-refractivity contribution >= 4 is 34.7 Å². The number of aromatic nitrogens is 2. The minimum atomic E-state index is -0.608. The molecule has 2 heterocycles. The van der Waals surface area contributed by atoms with E-state index in [-0.39, 0.29) is 23.6 Å². The van der Waals surface area contributed by atoms with Gasteiger partial charge in [-0.15, -0.1) is 0 Å². The van der Waals surface area contributed by atoms with E-state index in [2.05, 4.69) is 15.3 Å². The number of amides is 1. The average molecular weight is 385 g/mol. The van der Waals surface area contributed by atoms with Gasteiger partial charge in [-0.05, 0) is 35.4 Å². The van der Waals surface area contributed by atoms with Crippen LogP contribution in [0.4, 0.5) is 21.6 Å². The molecule has 27 heavy (non-hydrogen) atoms. The lowest BCUT2D eigenvalue weighted by atomic mass is 10.0. The largest absolute Gasteiger partial charge is 0.482 e. The molecule has 4 rings (SSSR count). The van der Waals surface area contributed by atoms with Crippen molar-refractivity contribution in [3.05, 3.63) is 59.8 Å². The van der Waals surface area contributed by atoms with Gasteiger partial charge in [0.15, 0.2) is 18.2 Å². The third kappa shape index (κ3) is 3.29. The van der Waals surface area contributed by atoms with Crippen molar-refractivity contribution in [1.82, 2.24) is 9.97 Å². The molecule has 0 unspecified atom stereocenters. The Labute approximate surface area is 159 Å². The highest BCUT2D eigenvalue weighted by molar-refractivity contribution is 6.28. The Kier molecular flexibility index (Phi) is 4.37. The van der Waals surface area contributed by atoms with E-state index in [0.29, 0.717) is 17.1 Å². The number of benzene rings is 2. The fourth-order valence-electron chi connectivity index (χ4n) is 2.85. The summed E-state index contributed by atoms with van der Waals surface area (Å²) >= 11 is 5.77. The van der Waals surface area contributed by atoms with Gasteiger partial charge in [0.25, 0.3) is 5.91 Å². The number of fused-ring (bicyclic) bond motifs is 1. The molecule has 3 aromatic rings. The Balaban J connectivity index is 1.73. The molecule has 0 saturated heterocycles. The zero-order chi connectivity index (χ0) is 19.0. The second-order valence-electron chi connectivity index (χ2n) is 5.93. The number of rotatable bonds is 3. The van der Waals surface area contributed by atoms with Crippen LogP contribution in [0.1, 0.15) is 0 Å². The Bertz CT molecular complexity index is 1040. The minimum absolute atomic E-state index is 0.00248. The highest BCUT2D eigenvalue weighted by Crippen LogP contribution is 2.38. The van der Waals surface area contributed by atoms with E-state index in [1.54, 1.807) is 18.0 Å². The van der Waals surface area contributed by atoms with Crippen molar-refractivity contribution < 1.29 is 13.9 Å². The predicted octanol–water partition coefficient (Wildman–Crippen LogP) is 4.03. The van der Waals surface area contributed by atoms with E-state index in [1.165, 1.54) is 0 Å². The number of carbonyl (C=O) groups is 1. The van der Waals surface area contributed by atoms with Crippen LogP contribution >= 0.6 is 11.6 Å². The molecule has 136 valence electrons. The second kappa shape index (κ2) is 6.85. The van der Waals surface area contributed by atoms with Crippen LogP contribution in [0.25, 0.3) is 11.1 Å². The van der Waals surface area contributed by atoms with E-state index >= 15 is 0 Å². The van der Waals surface area contributed by atoms with Crippen molar-refractivity contribution in [2.24, 2.45) is 0 Å². The summed E-state index contributed by atoms with van der Waals surface area (Å²) in [6, 6.07) is 12.9. The number of hydrogen-bond donors (Lipinski definition) is 1. The maximum atomic E-state index is 14.0. The fourth-order valence-corrected chi connectivity index (χ4v) is 2.98. The maximum Gasteiger partial charge on any atom is 0.264 e. The Morgan fingerprint density at radius 1 is 1.26 bits per heavy atom. The second-order valence-corrected chi connectivity index (χ2v) is 6.27. The molecule has 1 N–H and O–H groups in total. The topological polar surface area (TPSA) is 67.3 Å². The molecule has 1 aromatic heterocycles. The van der Waals surface area contributed by atoms with Crippen LogP contribution in [0.3, 0.4) is 0 Å². The van der Waals surface area contributed by atoms with Gasteiger partial charge in [-0.25, -0.2) is 9.37 Å². The van der Waals surface area contributed by atoms with Crippen LogP contribution in [-0.2, 0) is 4.79 Å². The van der Waals surface area contributed by atoms with Crippen molar-refractivity contribution in [2.45, 2.75) is 0 Å². The molecule has 6 nitrogen and oxygen atoms in total. The summed E-state index contributed by atoms with van der Waals surface area (Å²) in [7, 11) is 1.71. The average Bonchev–Trinajstić information content (AvgIpc) is 2.68. The molecule has 1 aliphatic rings. The van der Waals surface area contributed by atoms with Crippen LogP contribution in [-0.4, -0.2) is 29.5 Å². The summed E-state index contributed by atoms with van der Waals surface area (Å²) in [5.41, 5.74) is 3.01. The Hall–Kier alpha value is -3.19. The smallest absolute Gasteiger partial charge is 0.264 e.